The van der Waals surface area contributed by atoms with E-state index in [1.807, 2.05) is 35.7 Å². The van der Waals surface area contributed by atoms with Crippen LogP contribution in [0.5, 0.6) is 0 Å². The second-order valence-corrected chi connectivity index (χ2v) is 6.51. The highest BCUT2D eigenvalue weighted by molar-refractivity contribution is 7.11. The number of fused-ring (bicyclic) bond motifs is 1. The van der Waals surface area contributed by atoms with Crippen molar-refractivity contribution in [2.24, 2.45) is 0 Å². The van der Waals surface area contributed by atoms with Gasteiger partial charge in [-0.1, -0.05) is 24.6 Å². The summed E-state index contributed by atoms with van der Waals surface area (Å²) >= 11 is 7.94. The first-order valence-electron chi connectivity index (χ1n) is 6.67. The lowest BCUT2D eigenvalue weighted by Crippen LogP contribution is -1.95. The molecule has 0 unspecified atom stereocenters. The number of benzene rings is 1. The molecule has 0 amide bonds. The molecule has 2 nitrogen and oxygen atoms in total. The van der Waals surface area contributed by atoms with Gasteiger partial charge in [0.2, 0.25) is 0 Å². The molecular formula is C16H16ClNOS. The van der Waals surface area contributed by atoms with Crippen LogP contribution in [0.1, 0.15) is 22.2 Å². The first-order valence-corrected chi connectivity index (χ1v) is 7.86. The molecule has 0 atom stereocenters. The van der Waals surface area contributed by atoms with Crippen molar-refractivity contribution in [1.29, 1.82) is 0 Å². The fourth-order valence-corrected chi connectivity index (χ4v) is 3.59. The SMILES string of the molecule is CCc1ccc(Cn2cc(CO)c3ccc(Cl)cc32)s1. The third kappa shape index (κ3) is 2.49. The van der Waals surface area contributed by atoms with E-state index in [4.69, 9.17) is 11.6 Å². The minimum absolute atomic E-state index is 0.0514. The summed E-state index contributed by atoms with van der Waals surface area (Å²) in [7, 11) is 0. The number of rotatable bonds is 4. The van der Waals surface area contributed by atoms with Crippen LogP contribution in [0.15, 0.2) is 36.5 Å². The van der Waals surface area contributed by atoms with Crippen LogP contribution < -0.4 is 0 Å². The summed E-state index contributed by atoms with van der Waals surface area (Å²) in [6, 6.07) is 10.2. The van der Waals surface area contributed by atoms with Gasteiger partial charge in [0.05, 0.1) is 18.7 Å². The predicted octanol–water partition coefficient (Wildman–Crippen LogP) is 4.46. The van der Waals surface area contributed by atoms with Crippen LogP contribution in [0.4, 0.5) is 0 Å². The summed E-state index contributed by atoms with van der Waals surface area (Å²) in [5.41, 5.74) is 2.02. The molecule has 0 aliphatic rings. The van der Waals surface area contributed by atoms with Crippen molar-refractivity contribution in [3.8, 4) is 0 Å². The maximum absolute atomic E-state index is 9.48. The van der Waals surface area contributed by atoms with Gasteiger partial charge in [0.25, 0.3) is 0 Å². The molecule has 0 aliphatic carbocycles. The molecule has 20 heavy (non-hydrogen) atoms. The van der Waals surface area contributed by atoms with Crippen LogP contribution in [-0.4, -0.2) is 9.67 Å². The van der Waals surface area contributed by atoms with E-state index < -0.39 is 0 Å². The Balaban J connectivity index is 2.04. The van der Waals surface area contributed by atoms with Crippen LogP contribution in [0.2, 0.25) is 5.02 Å². The lowest BCUT2D eigenvalue weighted by molar-refractivity contribution is 0.283. The number of hydrogen-bond acceptors (Lipinski definition) is 2. The number of nitrogens with zero attached hydrogens (tertiary/aromatic N) is 1. The molecule has 0 saturated heterocycles. The Bertz CT molecular complexity index is 744. The predicted molar refractivity (Wildman–Crippen MR) is 85.7 cm³/mol. The van der Waals surface area contributed by atoms with Crippen molar-refractivity contribution in [2.45, 2.75) is 26.5 Å². The normalized spacial score (nSPS) is 11.3. The number of aromatic nitrogens is 1. The maximum Gasteiger partial charge on any atom is 0.0702 e. The first-order chi connectivity index (χ1) is 9.71. The Hall–Kier alpha value is -1.29. The zero-order chi connectivity index (χ0) is 14.1. The van der Waals surface area contributed by atoms with E-state index in [9.17, 15) is 5.11 Å². The Morgan fingerprint density at radius 2 is 2.00 bits per heavy atom. The van der Waals surface area contributed by atoms with Gasteiger partial charge in [-0.05, 0) is 30.7 Å². The van der Waals surface area contributed by atoms with Crippen LogP contribution in [-0.2, 0) is 19.6 Å². The standard InChI is InChI=1S/C16H16ClNOS/c1-2-13-4-5-14(20-13)9-18-8-11(10-19)15-6-3-12(17)7-16(15)18/h3-8,19H,2,9-10H2,1H3. The summed E-state index contributed by atoms with van der Waals surface area (Å²) in [4.78, 5) is 2.72. The summed E-state index contributed by atoms with van der Waals surface area (Å²) in [6.07, 6.45) is 3.09. The third-order valence-corrected chi connectivity index (χ3v) is 4.94. The van der Waals surface area contributed by atoms with Crippen molar-refractivity contribution in [3.63, 3.8) is 0 Å². The third-order valence-electron chi connectivity index (χ3n) is 3.49. The van der Waals surface area contributed by atoms with E-state index in [-0.39, 0.29) is 6.61 Å². The summed E-state index contributed by atoms with van der Waals surface area (Å²) in [5.74, 6) is 0. The van der Waals surface area contributed by atoms with E-state index in [0.717, 1.165) is 34.5 Å². The quantitative estimate of drug-likeness (QED) is 0.756. The number of aliphatic hydroxyl groups is 1. The van der Waals surface area contributed by atoms with Crippen LogP contribution >= 0.6 is 22.9 Å². The molecule has 1 N–H and O–H groups in total. The van der Waals surface area contributed by atoms with E-state index >= 15 is 0 Å². The molecule has 0 saturated carbocycles. The molecule has 3 rings (SSSR count). The molecule has 0 fully saturated rings. The zero-order valence-corrected chi connectivity index (χ0v) is 12.8. The monoisotopic (exact) mass is 305 g/mol. The largest absolute Gasteiger partial charge is 0.392 e. The van der Waals surface area contributed by atoms with Crippen molar-refractivity contribution in [3.05, 3.63) is 56.9 Å². The van der Waals surface area contributed by atoms with Gasteiger partial charge in [-0.3, -0.25) is 0 Å². The van der Waals surface area contributed by atoms with Crippen molar-refractivity contribution in [2.75, 3.05) is 0 Å². The average molecular weight is 306 g/mol. The molecule has 3 aromatic rings. The van der Waals surface area contributed by atoms with Crippen LogP contribution in [0, 0.1) is 0 Å². The highest BCUT2D eigenvalue weighted by Gasteiger charge is 2.09. The lowest BCUT2D eigenvalue weighted by atomic mass is 10.2. The van der Waals surface area contributed by atoms with Crippen LogP contribution in [0.3, 0.4) is 0 Å². The molecule has 4 heteroatoms. The molecule has 0 spiro atoms. The molecule has 104 valence electrons. The van der Waals surface area contributed by atoms with E-state index in [1.165, 1.54) is 9.75 Å². The number of halogens is 1. The molecule has 1 aromatic carbocycles. The summed E-state index contributed by atoms with van der Waals surface area (Å²) < 4.78 is 2.16. The van der Waals surface area contributed by atoms with Gasteiger partial charge in [-0.25, -0.2) is 0 Å². The minimum Gasteiger partial charge on any atom is -0.392 e. The van der Waals surface area contributed by atoms with Gasteiger partial charge in [-0.15, -0.1) is 11.3 Å². The first kappa shape index (κ1) is 13.7. The molecule has 0 bridgehead atoms. The van der Waals surface area contributed by atoms with Crippen molar-refractivity contribution >= 4 is 33.8 Å². The number of aryl methyl sites for hydroxylation is 1. The van der Waals surface area contributed by atoms with Gasteiger partial charge in [0.1, 0.15) is 0 Å². The van der Waals surface area contributed by atoms with Crippen molar-refractivity contribution < 1.29 is 5.11 Å². The molecular weight excluding hydrogens is 290 g/mol. The van der Waals surface area contributed by atoms with Gasteiger partial charge >= 0.3 is 0 Å². The average Bonchev–Trinajstić information content (AvgIpc) is 3.04. The Morgan fingerprint density at radius 3 is 2.70 bits per heavy atom. The van der Waals surface area contributed by atoms with E-state index in [1.54, 1.807) is 0 Å². The molecule has 2 aromatic heterocycles. The van der Waals surface area contributed by atoms with Crippen LogP contribution in [0.25, 0.3) is 10.9 Å². The van der Waals surface area contributed by atoms with Gasteiger partial charge in [0.15, 0.2) is 0 Å². The smallest absolute Gasteiger partial charge is 0.0702 e. The number of aliphatic hydroxyl groups excluding tert-OH is 1. The van der Waals surface area contributed by atoms with E-state index in [0.29, 0.717) is 0 Å². The number of hydrogen-bond donors (Lipinski definition) is 1. The van der Waals surface area contributed by atoms with Gasteiger partial charge < -0.3 is 9.67 Å². The maximum atomic E-state index is 9.48. The van der Waals surface area contributed by atoms with Crippen molar-refractivity contribution in [1.82, 2.24) is 4.57 Å². The van der Waals surface area contributed by atoms with E-state index in [2.05, 4.69) is 23.6 Å². The highest BCUT2D eigenvalue weighted by atomic mass is 35.5. The molecule has 0 aliphatic heterocycles. The Morgan fingerprint density at radius 1 is 1.20 bits per heavy atom. The molecule has 0 radical (unpaired) electrons. The summed E-state index contributed by atoms with van der Waals surface area (Å²) in [5, 5.41) is 11.3. The number of thiophene rings is 1. The fourth-order valence-electron chi connectivity index (χ4n) is 2.46. The fraction of sp³-hybridized carbons (Fsp3) is 0.250. The van der Waals surface area contributed by atoms with Gasteiger partial charge in [-0.2, -0.15) is 0 Å². The Labute approximate surface area is 127 Å². The molecule has 2 heterocycles. The second-order valence-electron chi connectivity index (χ2n) is 4.82. The Kier molecular flexibility index (Phi) is 3.83. The summed E-state index contributed by atoms with van der Waals surface area (Å²) in [6.45, 7) is 3.04. The highest BCUT2D eigenvalue weighted by Crippen LogP contribution is 2.27. The topological polar surface area (TPSA) is 25.2 Å². The minimum atomic E-state index is 0.0514. The zero-order valence-electron chi connectivity index (χ0n) is 11.3. The lowest BCUT2D eigenvalue weighted by Gasteiger charge is -2.03. The second kappa shape index (κ2) is 5.60. The van der Waals surface area contributed by atoms with Gasteiger partial charge in [0, 0.05) is 31.9 Å².